The van der Waals surface area contributed by atoms with Crippen molar-refractivity contribution in [2.24, 2.45) is 5.73 Å². The zero-order valence-electron chi connectivity index (χ0n) is 11.3. The number of fused-ring (bicyclic) bond motifs is 1. The van der Waals surface area contributed by atoms with Crippen LogP contribution in [0.2, 0.25) is 0 Å². The Hall–Kier alpha value is -2.32. The summed E-state index contributed by atoms with van der Waals surface area (Å²) in [5.41, 5.74) is 9.21. The average Bonchev–Trinajstić information content (AvgIpc) is 2.53. The van der Waals surface area contributed by atoms with E-state index in [2.05, 4.69) is 72.0 Å². The summed E-state index contributed by atoms with van der Waals surface area (Å²) in [5, 5.41) is 6.03. The van der Waals surface area contributed by atoms with Crippen molar-refractivity contribution >= 4 is 16.5 Å². The number of rotatable bonds is 4. The summed E-state index contributed by atoms with van der Waals surface area (Å²) >= 11 is 0. The van der Waals surface area contributed by atoms with Crippen molar-refractivity contribution in [3.8, 4) is 0 Å². The Bertz CT molecular complexity index is 697. The number of nitrogens with one attached hydrogen (secondary N) is 1. The molecule has 3 rings (SSSR count). The molecule has 0 fully saturated rings. The highest BCUT2D eigenvalue weighted by Crippen LogP contribution is 2.23. The maximum absolute atomic E-state index is 5.61. The molecule has 0 bridgehead atoms. The van der Waals surface area contributed by atoms with Gasteiger partial charge < -0.3 is 11.1 Å². The van der Waals surface area contributed by atoms with Crippen molar-refractivity contribution in [2.45, 2.75) is 13.1 Å². The minimum Gasteiger partial charge on any atom is -0.380 e. The second kappa shape index (κ2) is 5.76. The lowest BCUT2D eigenvalue weighted by Crippen LogP contribution is -2.01. The fraction of sp³-hybridized carbons (Fsp3) is 0.111. The lowest BCUT2D eigenvalue weighted by molar-refractivity contribution is 1.06. The van der Waals surface area contributed by atoms with Crippen LogP contribution in [0.15, 0.2) is 66.7 Å². The first kappa shape index (κ1) is 12.7. The van der Waals surface area contributed by atoms with E-state index < -0.39 is 0 Å². The van der Waals surface area contributed by atoms with Crippen LogP contribution in [0.5, 0.6) is 0 Å². The molecule has 0 amide bonds. The molecule has 0 saturated heterocycles. The van der Waals surface area contributed by atoms with E-state index in [1.807, 2.05) is 0 Å². The minimum atomic E-state index is 0.594. The fourth-order valence-electron chi connectivity index (χ4n) is 2.37. The molecule has 20 heavy (non-hydrogen) atoms. The molecule has 0 aromatic heterocycles. The molecule has 3 aromatic carbocycles. The normalized spacial score (nSPS) is 10.7. The lowest BCUT2D eigenvalue weighted by atomic mass is 10.1. The molecule has 100 valence electrons. The van der Waals surface area contributed by atoms with E-state index in [1.54, 1.807) is 0 Å². The van der Waals surface area contributed by atoms with Crippen molar-refractivity contribution in [1.82, 2.24) is 0 Å². The molecule has 2 nitrogen and oxygen atoms in total. The number of hydrogen-bond acceptors (Lipinski definition) is 2. The summed E-state index contributed by atoms with van der Waals surface area (Å²) in [6.45, 7) is 1.41. The van der Waals surface area contributed by atoms with Crippen LogP contribution in [0.25, 0.3) is 10.8 Å². The zero-order valence-corrected chi connectivity index (χ0v) is 11.3. The Balaban J connectivity index is 1.79. The maximum atomic E-state index is 5.61. The SMILES string of the molecule is NCc1ccc(CNc2cccc3ccccc23)cc1. The topological polar surface area (TPSA) is 38.0 Å². The van der Waals surface area contributed by atoms with Crippen molar-refractivity contribution in [1.29, 1.82) is 0 Å². The average molecular weight is 262 g/mol. The summed E-state index contributed by atoms with van der Waals surface area (Å²) in [6, 6.07) is 23.2. The molecule has 0 aliphatic rings. The highest BCUT2D eigenvalue weighted by molar-refractivity contribution is 5.93. The zero-order chi connectivity index (χ0) is 13.8. The Kier molecular flexibility index (Phi) is 3.66. The van der Waals surface area contributed by atoms with E-state index in [4.69, 9.17) is 5.73 Å². The third-order valence-corrected chi connectivity index (χ3v) is 3.53. The van der Waals surface area contributed by atoms with Crippen LogP contribution in [0.3, 0.4) is 0 Å². The Labute approximate surface area is 119 Å². The first-order valence-corrected chi connectivity index (χ1v) is 6.86. The van der Waals surface area contributed by atoms with E-state index in [0.29, 0.717) is 6.54 Å². The number of anilines is 1. The van der Waals surface area contributed by atoms with Crippen LogP contribution >= 0.6 is 0 Å². The molecule has 0 aliphatic carbocycles. The van der Waals surface area contributed by atoms with E-state index >= 15 is 0 Å². The van der Waals surface area contributed by atoms with Crippen molar-refractivity contribution in [3.63, 3.8) is 0 Å². The van der Waals surface area contributed by atoms with Gasteiger partial charge in [0.05, 0.1) is 0 Å². The minimum absolute atomic E-state index is 0.594. The predicted molar refractivity (Wildman–Crippen MR) is 85.6 cm³/mol. The number of hydrogen-bond donors (Lipinski definition) is 2. The third-order valence-electron chi connectivity index (χ3n) is 3.53. The Morgan fingerprint density at radius 1 is 0.750 bits per heavy atom. The van der Waals surface area contributed by atoms with E-state index in [9.17, 15) is 0 Å². The molecule has 0 atom stereocenters. The molecule has 0 spiro atoms. The van der Waals surface area contributed by atoms with Crippen LogP contribution in [0, 0.1) is 0 Å². The van der Waals surface area contributed by atoms with Gasteiger partial charge in [-0.1, -0.05) is 60.7 Å². The highest BCUT2D eigenvalue weighted by atomic mass is 14.9. The maximum Gasteiger partial charge on any atom is 0.0422 e. The molecule has 2 heteroatoms. The van der Waals surface area contributed by atoms with Gasteiger partial charge in [-0.15, -0.1) is 0 Å². The molecule has 0 unspecified atom stereocenters. The van der Waals surface area contributed by atoms with E-state index in [0.717, 1.165) is 6.54 Å². The van der Waals surface area contributed by atoms with Gasteiger partial charge in [0.25, 0.3) is 0 Å². The van der Waals surface area contributed by atoms with Crippen LogP contribution < -0.4 is 11.1 Å². The fourth-order valence-corrected chi connectivity index (χ4v) is 2.37. The molecule has 3 N–H and O–H groups in total. The van der Waals surface area contributed by atoms with Crippen LogP contribution in [0.4, 0.5) is 5.69 Å². The van der Waals surface area contributed by atoms with Crippen molar-refractivity contribution in [2.75, 3.05) is 5.32 Å². The van der Waals surface area contributed by atoms with Gasteiger partial charge in [0.15, 0.2) is 0 Å². The summed E-state index contributed by atoms with van der Waals surface area (Å²) < 4.78 is 0. The lowest BCUT2D eigenvalue weighted by Gasteiger charge is -2.10. The van der Waals surface area contributed by atoms with Gasteiger partial charge in [0, 0.05) is 24.2 Å². The second-order valence-electron chi connectivity index (χ2n) is 4.90. The van der Waals surface area contributed by atoms with Gasteiger partial charge in [-0.25, -0.2) is 0 Å². The monoisotopic (exact) mass is 262 g/mol. The van der Waals surface area contributed by atoms with E-state index in [-0.39, 0.29) is 0 Å². The first-order valence-electron chi connectivity index (χ1n) is 6.86. The van der Waals surface area contributed by atoms with E-state index in [1.165, 1.54) is 27.6 Å². The highest BCUT2D eigenvalue weighted by Gasteiger charge is 2.00. The van der Waals surface area contributed by atoms with Crippen molar-refractivity contribution in [3.05, 3.63) is 77.9 Å². The molecular weight excluding hydrogens is 244 g/mol. The summed E-state index contributed by atoms with van der Waals surface area (Å²) in [7, 11) is 0. The van der Waals surface area contributed by atoms with Crippen LogP contribution in [0.1, 0.15) is 11.1 Å². The third kappa shape index (κ3) is 2.65. The largest absolute Gasteiger partial charge is 0.380 e. The summed E-state index contributed by atoms with van der Waals surface area (Å²) in [6.07, 6.45) is 0. The number of nitrogens with two attached hydrogens (primary N) is 1. The first-order chi connectivity index (χ1) is 9.86. The van der Waals surface area contributed by atoms with Crippen LogP contribution in [-0.4, -0.2) is 0 Å². The van der Waals surface area contributed by atoms with Gasteiger partial charge in [-0.05, 0) is 22.6 Å². The molecule has 3 aromatic rings. The van der Waals surface area contributed by atoms with Gasteiger partial charge in [0.2, 0.25) is 0 Å². The summed E-state index contributed by atoms with van der Waals surface area (Å²) in [4.78, 5) is 0. The van der Waals surface area contributed by atoms with Gasteiger partial charge in [-0.3, -0.25) is 0 Å². The van der Waals surface area contributed by atoms with Gasteiger partial charge in [-0.2, -0.15) is 0 Å². The number of benzene rings is 3. The summed E-state index contributed by atoms with van der Waals surface area (Å²) in [5.74, 6) is 0. The van der Waals surface area contributed by atoms with Crippen molar-refractivity contribution < 1.29 is 0 Å². The molecule has 0 radical (unpaired) electrons. The standard InChI is InChI=1S/C18H18N2/c19-12-14-8-10-15(11-9-14)13-20-18-7-3-5-16-4-1-2-6-17(16)18/h1-11,20H,12-13,19H2. The second-order valence-corrected chi connectivity index (χ2v) is 4.90. The van der Waals surface area contributed by atoms with Gasteiger partial charge in [0.1, 0.15) is 0 Å². The predicted octanol–water partition coefficient (Wildman–Crippen LogP) is 3.91. The quantitative estimate of drug-likeness (QED) is 0.748. The molecule has 0 saturated carbocycles. The molecular formula is C18H18N2. The molecule has 0 aliphatic heterocycles. The van der Waals surface area contributed by atoms with Crippen LogP contribution in [-0.2, 0) is 13.1 Å². The Morgan fingerprint density at radius 3 is 2.25 bits per heavy atom. The Morgan fingerprint density at radius 2 is 1.45 bits per heavy atom. The van der Waals surface area contributed by atoms with Gasteiger partial charge >= 0.3 is 0 Å². The smallest absolute Gasteiger partial charge is 0.0422 e. The molecule has 0 heterocycles.